The summed E-state index contributed by atoms with van der Waals surface area (Å²) in [5, 5.41) is 3.41. The van der Waals surface area contributed by atoms with Crippen molar-refractivity contribution < 1.29 is 0 Å². The molecule has 3 nitrogen and oxygen atoms in total. The summed E-state index contributed by atoms with van der Waals surface area (Å²) in [6.45, 7) is 2.45. The van der Waals surface area contributed by atoms with E-state index >= 15 is 0 Å². The van der Waals surface area contributed by atoms with Crippen LogP contribution in [0.4, 0.5) is 0 Å². The molecule has 1 aromatic carbocycles. The van der Waals surface area contributed by atoms with E-state index in [1.54, 1.807) is 0 Å². The van der Waals surface area contributed by atoms with Gasteiger partial charge in [-0.1, -0.05) is 32.9 Å². The molecular weight excluding hydrogens is 254 g/mol. The van der Waals surface area contributed by atoms with Gasteiger partial charge in [-0.2, -0.15) is 0 Å². The Labute approximate surface area is 97.3 Å². The summed E-state index contributed by atoms with van der Waals surface area (Å²) in [4.78, 5) is 2.66. The minimum Gasteiger partial charge on any atom is -0.0978 e. The summed E-state index contributed by atoms with van der Waals surface area (Å²) in [6, 6.07) is 5.95. The summed E-state index contributed by atoms with van der Waals surface area (Å²) in [5.74, 6) is 5.97. The summed E-state index contributed by atoms with van der Waals surface area (Å²) in [6.07, 6.45) is 0.596. The molecule has 0 fully saturated rings. The summed E-state index contributed by atoms with van der Waals surface area (Å²) in [7, 11) is 0. The molecule has 0 N–H and O–H groups in total. The van der Waals surface area contributed by atoms with Gasteiger partial charge in [0.15, 0.2) is 0 Å². The van der Waals surface area contributed by atoms with Crippen molar-refractivity contribution in [2.45, 2.75) is 13.3 Å². The van der Waals surface area contributed by atoms with E-state index in [1.807, 2.05) is 25.1 Å². The van der Waals surface area contributed by atoms with Crippen LogP contribution >= 0.6 is 15.9 Å². The quantitative estimate of drug-likeness (QED) is 0.256. The van der Waals surface area contributed by atoms with E-state index in [9.17, 15) is 0 Å². The summed E-state index contributed by atoms with van der Waals surface area (Å²) in [5.41, 5.74) is 10.2. The van der Waals surface area contributed by atoms with Crippen molar-refractivity contribution in [3.63, 3.8) is 0 Å². The number of nitrogens with zero attached hydrogens (tertiary/aromatic N) is 3. The van der Waals surface area contributed by atoms with E-state index < -0.39 is 0 Å². The fraction of sp³-hybridized carbons (Fsp3) is 0.273. The first-order chi connectivity index (χ1) is 7.24. The first-order valence-electron chi connectivity index (χ1n) is 4.50. The molecule has 0 radical (unpaired) electrons. The van der Waals surface area contributed by atoms with E-state index in [0.29, 0.717) is 13.0 Å². The third kappa shape index (κ3) is 4.07. The van der Waals surface area contributed by atoms with Crippen LogP contribution in [0.5, 0.6) is 0 Å². The Kier molecular flexibility index (Phi) is 4.76. The molecule has 0 atom stereocenters. The maximum Gasteiger partial charge on any atom is 0.0367 e. The molecule has 0 heterocycles. The van der Waals surface area contributed by atoms with Gasteiger partial charge in [0.25, 0.3) is 0 Å². The Bertz CT molecular complexity index is 451. The third-order valence-corrected chi connectivity index (χ3v) is 2.68. The average molecular weight is 264 g/mol. The molecule has 4 heteroatoms. The maximum absolute atomic E-state index is 8.05. The zero-order chi connectivity index (χ0) is 11.1. The highest BCUT2D eigenvalue weighted by Crippen LogP contribution is 2.16. The van der Waals surface area contributed by atoms with Gasteiger partial charge < -0.3 is 0 Å². The number of azide groups is 1. The van der Waals surface area contributed by atoms with Crippen molar-refractivity contribution in [1.29, 1.82) is 0 Å². The van der Waals surface area contributed by atoms with Gasteiger partial charge in [0.05, 0.1) is 0 Å². The van der Waals surface area contributed by atoms with Gasteiger partial charge in [0.2, 0.25) is 0 Å². The monoisotopic (exact) mass is 263 g/mol. The number of halogens is 1. The first kappa shape index (κ1) is 11.6. The SMILES string of the molecule is Cc1cc(C#CCCN=[N+]=[N-])ccc1Br. The molecule has 0 amide bonds. The number of rotatable bonds is 2. The largest absolute Gasteiger partial charge is 0.0978 e. The normalized spacial score (nSPS) is 8.67. The summed E-state index contributed by atoms with van der Waals surface area (Å²) >= 11 is 3.43. The van der Waals surface area contributed by atoms with Gasteiger partial charge in [-0.25, -0.2) is 0 Å². The standard InChI is InChI=1S/C11H10BrN3/c1-9-8-10(5-6-11(9)12)4-2-3-7-14-15-13/h5-6,8H,3,7H2,1H3. The Morgan fingerprint density at radius 1 is 1.53 bits per heavy atom. The second-order valence-electron chi connectivity index (χ2n) is 2.97. The second-order valence-corrected chi connectivity index (χ2v) is 3.82. The minimum absolute atomic E-state index is 0.430. The lowest BCUT2D eigenvalue weighted by Crippen LogP contribution is -1.80. The van der Waals surface area contributed by atoms with Crippen LogP contribution in [0.3, 0.4) is 0 Å². The number of aryl methyl sites for hydroxylation is 1. The topological polar surface area (TPSA) is 48.8 Å². The van der Waals surface area contributed by atoms with Crippen LogP contribution in [0.15, 0.2) is 27.8 Å². The Morgan fingerprint density at radius 2 is 2.33 bits per heavy atom. The van der Waals surface area contributed by atoms with Crippen LogP contribution in [0, 0.1) is 18.8 Å². The third-order valence-electron chi connectivity index (χ3n) is 1.79. The van der Waals surface area contributed by atoms with Crippen molar-refractivity contribution in [2.24, 2.45) is 5.11 Å². The van der Waals surface area contributed by atoms with Crippen molar-refractivity contribution in [3.05, 3.63) is 44.2 Å². The van der Waals surface area contributed by atoms with Gasteiger partial charge in [-0.05, 0) is 36.2 Å². The average Bonchev–Trinajstić information content (AvgIpc) is 2.23. The van der Waals surface area contributed by atoms with Crippen LogP contribution in [0.25, 0.3) is 10.4 Å². The lowest BCUT2D eigenvalue weighted by molar-refractivity contribution is 1.01. The lowest BCUT2D eigenvalue weighted by atomic mass is 10.1. The Balaban J connectivity index is 2.64. The molecule has 0 aliphatic rings. The van der Waals surface area contributed by atoms with Gasteiger partial charge in [0.1, 0.15) is 0 Å². The predicted molar refractivity (Wildman–Crippen MR) is 64.4 cm³/mol. The van der Waals surface area contributed by atoms with Gasteiger partial charge in [0, 0.05) is 27.9 Å². The van der Waals surface area contributed by atoms with Gasteiger partial charge >= 0.3 is 0 Å². The Hall–Kier alpha value is -1.43. The first-order valence-corrected chi connectivity index (χ1v) is 5.29. The van der Waals surface area contributed by atoms with E-state index in [4.69, 9.17) is 5.53 Å². The van der Waals surface area contributed by atoms with Crippen molar-refractivity contribution in [2.75, 3.05) is 6.54 Å². The predicted octanol–water partition coefficient (Wildman–Crippen LogP) is 3.81. The molecule has 0 saturated heterocycles. The molecule has 0 aliphatic heterocycles. The highest BCUT2D eigenvalue weighted by atomic mass is 79.9. The highest BCUT2D eigenvalue weighted by molar-refractivity contribution is 9.10. The van der Waals surface area contributed by atoms with E-state index in [1.165, 1.54) is 0 Å². The van der Waals surface area contributed by atoms with Gasteiger partial charge in [-0.15, -0.1) is 0 Å². The van der Waals surface area contributed by atoms with Crippen LogP contribution in [-0.2, 0) is 0 Å². The zero-order valence-electron chi connectivity index (χ0n) is 8.37. The molecule has 0 spiro atoms. The highest BCUT2D eigenvalue weighted by Gasteiger charge is 1.93. The smallest absolute Gasteiger partial charge is 0.0367 e. The van der Waals surface area contributed by atoms with Crippen LogP contribution in [0.2, 0.25) is 0 Å². The molecule has 0 aromatic heterocycles. The van der Waals surface area contributed by atoms with Crippen LogP contribution in [-0.4, -0.2) is 6.54 Å². The minimum atomic E-state index is 0.430. The zero-order valence-corrected chi connectivity index (χ0v) is 9.95. The number of hydrogen-bond donors (Lipinski definition) is 0. The lowest BCUT2D eigenvalue weighted by Gasteiger charge is -1.97. The fourth-order valence-electron chi connectivity index (χ4n) is 1.04. The van der Waals surface area contributed by atoms with Crippen LogP contribution in [0.1, 0.15) is 17.5 Å². The molecule has 1 rings (SSSR count). The fourth-order valence-corrected chi connectivity index (χ4v) is 1.28. The van der Waals surface area contributed by atoms with Crippen molar-refractivity contribution in [3.8, 4) is 11.8 Å². The Morgan fingerprint density at radius 3 is 3.00 bits per heavy atom. The molecule has 0 aliphatic carbocycles. The molecule has 0 bridgehead atoms. The van der Waals surface area contributed by atoms with Crippen molar-refractivity contribution >= 4 is 15.9 Å². The number of benzene rings is 1. The molecular formula is C11H10BrN3. The maximum atomic E-state index is 8.05. The molecule has 1 aromatic rings. The van der Waals surface area contributed by atoms with Gasteiger partial charge in [-0.3, -0.25) is 0 Å². The number of hydrogen-bond acceptors (Lipinski definition) is 1. The van der Waals surface area contributed by atoms with Crippen LogP contribution < -0.4 is 0 Å². The van der Waals surface area contributed by atoms with E-state index in [0.717, 1.165) is 15.6 Å². The van der Waals surface area contributed by atoms with Crippen molar-refractivity contribution in [1.82, 2.24) is 0 Å². The summed E-state index contributed by atoms with van der Waals surface area (Å²) < 4.78 is 1.09. The van der Waals surface area contributed by atoms with E-state index in [2.05, 4.69) is 37.8 Å². The second kappa shape index (κ2) is 6.13. The molecule has 76 valence electrons. The molecule has 0 unspecified atom stereocenters. The molecule has 0 saturated carbocycles. The van der Waals surface area contributed by atoms with E-state index in [-0.39, 0.29) is 0 Å². The molecule has 15 heavy (non-hydrogen) atoms.